The van der Waals surface area contributed by atoms with Gasteiger partial charge in [0.15, 0.2) is 0 Å². The monoisotopic (exact) mass is 299 g/mol. The number of halogens is 1. The zero-order valence-electron chi connectivity index (χ0n) is 10.9. The summed E-state index contributed by atoms with van der Waals surface area (Å²) in [5.41, 5.74) is 2.16. The number of nitrogens with zero attached hydrogens (tertiary/aromatic N) is 1. The smallest absolute Gasteiger partial charge is 0.0772 e. The molecule has 0 aliphatic carbocycles. The van der Waals surface area contributed by atoms with Crippen molar-refractivity contribution in [2.24, 2.45) is 0 Å². The fourth-order valence-corrected chi connectivity index (χ4v) is 2.57. The van der Waals surface area contributed by atoms with Gasteiger partial charge in [0.25, 0.3) is 0 Å². The molecule has 1 N–H and O–H groups in total. The van der Waals surface area contributed by atoms with Crippen LogP contribution in [-0.4, -0.2) is 18.2 Å². The molecule has 1 aromatic carbocycles. The third-order valence-electron chi connectivity index (χ3n) is 2.96. The lowest BCUT2D eigenvalue weighted by Crippen LogP contribution is -2.23. The Kier molecular flexibility index (Phi) is 6.00. The highest BCUT2D eigenvalue weighted by molar-refractivity contribution is 9.10. The van der Waals surface area contributed by atoms with Crippen molar-refractivity contribution in [3.8, 4) is 0 Å². The molecule has 1 atom stereocenters. The van der Waals surface area contributed by atoms with Crippen molar-refractivity contribution in [2.45, 2.75) is 39.7 Å². The summed E-state index contributed by atoms with van der Waals surface area (Å²) in [6.07, 6.45) is 2.00. The molecule has 0 radical (unpaired) electrons. The second kappa shape index (κ2) is 7.02. The number of hydrogen-bond donors (Lipinski definition) is 1. The van der Waals surface area contributed by atoms with Gasteiger partial charge in [-0.3, -0.25) is 0 Å². The maximum atomic E-state index is 9.59. The number of anilines is 1. The van der Waals surface area contributed by atoms with Crippen molar-refractivity contribution in [2.75, 3.05) is 18.0 Å². The largest absolute Gasteiger partial charge is 0.389 e. The number of hydrogen-bond acceptors (Lipinski definition) is 2. The van der Waals surface area contributed by atoms with Gasteiger partial charge in [0.2, 0.25) is 0 Å². The molecule has 0 aliphatic heterocycles. The van der Waals surface area contributed by atoms with Crippen LogP contribution < -0.4 is 4.90 Å². The van der Waals surface area contributed by atoms with Crippen molar-refractivity contribution in [3.63, 3.8) is 0 Å². The van der Waals surface area contributed by atoms with Crippen LogP contribution in [0.3, 0.4) is 0 Å². The molecule has 2 nitrogen and oxygen atoms in total. The van der Waals surface area contributed by atoms with Gasteiger partial charge >= 0.3 is 0 Å². The van der Waals surface area contributed by atoms with Gasteiger partial charge in [-0.05, 0) is 38.0 Å². The Morgan fingerprint density at radius 3 is 2.53 bits per heavy atom. The lowest BCUT2D eigenvalue weighted by atomic mass is 10.1. The molecule has 0 bridgehead atoms. The third-order valence-corrected chi connectivity index (χ3v) is 3.65. The molecule has 0 unspecified atom stereocenters. The van der Waals surface area contributed by atoms with Crippen LogP contribution in [0.2, 0.25) is 0 Å². The van der Waals surface area contributed by atoms with E-state index in [2.05, 4.69) is 46.8 Å². The van der Waals surface area contributed by atoms with Gasteiger partial charge in [0, 0.05) is 23.2 Å². The summed E-state index contributed by atoms with van der Waals surface area (Å²) >= 11 is 3.53. The topological polar surface area (TPSA) is 23.5 Å². The standard InChI is InChI=1S/C14H22BrNO/c1-4-6-9-16(5-2)12-7-8-13(11(3)17)14(15)10-12/h7-8,10-11,17H,4-6,9H2,1-3H3/t11-/m0/s1. The maximum Gasteiger partial charge on any atom is 0.0772 e. The molecular formula is C14H22BrNO. The first-order chi connectivity index (χ1) is 8.10. The van der Waals surface area contributed by atoms with Gasteiger partial charge in [-0.2, -0.15) is 0 Å². The number of rotatable bonds is 6. The summed E-state index contributed by atoms with van der Waals surface area (Å²) < 4.78 is 0.986. The number of aliphatic hydroxyl groups is 1. The summed E-state index contributed by atoms with van der Waals surface area (Å²) in [6, 6.07) is 6.19. The molecule has 0 saturated carbocycles. The van der Waals surface area contributed by atoms with Crippen LogP contribution in [0, 0.1) is 0 Å². The lowest BCUT2D eigenvalue weighted by molar-refractivity contribution is 0.198. The SMILES string of the molecule is CCCCN(CC)c1ccc([C@H](C)O)c(Br)c1. The molecule has 0 aliphatic rings. The van der Waals surface area contributed by atoms with Crippen LogP contribution in [0.15, 0.2) is 22.7 Å². The highest BCUT2D eigenvalue weighted by Crippen LogP contribution is 2.28. The quantitative estimate of drug-likeness (QED) is 0.854. The molecule has 0 aromatic heterocycles. The Hall–Kier alpha value is -0.540. The Bertz CT molecular complexity index is 352. The van der Waals surface area contributed by atoms with Gasteiger partial charge in [0.05, 0.1) is 6.10 Å². The maximum absolute atomic E-state index is 9.59. The van der Waals surface area contributed by atoms with Crippen LogP contribution >= 0.6 is 15.9 Å². The molecule has 17 heavy (non-hydrogen) atoms. The van der Waals surface area contributed by atoms with Gasteiger partial charge in [0.1, 0.15) is 0 Å². The average molecular weight is 300 g/mol. The Labute approximate surface area is 113 Å². The first-order valence-corrected chi connectivity index (χ1v) is 7.11. The van der Waals surface area contributed by atoms with Crippen LogP contribution in [0.25, 0.3) is 0 Å². The highest BCUT2D eigenvalue weighted by Gasteiger charge is 2.09. The molecule has 0 amide bonds. The Morgan fingerprint density at radius 2 is 2.06 bits per heavy atom. The van der Waals surface area contributed by atoms with E-state index in [0.717, 1.165) is 23.1 Å². The summed E-state index contributed by atoms with van der Waals surface area (Å²) in [7, 11) is 0. The lowest BCUT2D eigenvalue weighted by Gasteiger charge is -2.24. The van der Waals surface area contributed by atoms with Crippen LogP contribution in [0.5, 0.6) is 0 Å². The minimum Gasteiger partial charge on any atom is -0.389 e. The zero-order valence-corrected chi connectivity index (χ0v) is 12.5. The van der Waals surface area contributed by atoms with Gasteiger partial charge in [-0.25, -0.2) is 0 Å². The average Bonchev–Trinajstić information content (AvgIpc) is 2.29. The zero-order chi connectivity index (χ0) is 12.8. The predicted octanol–water partition coefficient (Wildman–Crippen LogP) is 4.13. The van der Waals surface area contributed by atoms with E-state index in [1.165, 1.54) is 18.5 Å². The number of aliphatic hydroxyl groups excluding tert-OH is 1. The predicted molar refractivity (Wildman–Crippen MR) is 77.6 cm³/mol. The highest BCUT2D eigenvalue weighted by atomic mass is 79.9. The minimum atomic E-state index is -0.427. The van der Waals surface area contributed by atoms with Gasteiger partial charge < -0.3 is 10.0 Å². The van der Waals surface area contributed by atoms with E-state index >= 15 is 0 Å². The van der Waals surface area contributed by atoms with Crippen LogP contribution in [0.4, 0.5) is 5.69 Å². The van der Waals surface area contributed by atoms with Crippen molar-refractivity contribution < 1.29 is 5.11 Å². The minimum absolute atomic E-state index is 0.427. The van der Waals surface area contributed by atoms with Crippen molar-refractivity contribution in [3.05, 3.63) is 28.2 Å². The molecule has 3 heteroatoms. The summed E-state index contributed by atoms with van der Waals surface area (Å²) in [5, 5.41) is 9.59. The molecule has 0 fully saturated rings. The van der Waals surface area contributed by atoms with Crippen molar-refractivity contribution in [1.29, 1.82) is 0 Å². The summed E-state index contributed by atoms with van der Waals surface area (Å²) in [6.45, 7) is 8.27. The molecule has 0 heterocycles. The van der Waals surface area contributed by atoms with E-state index in [9.17, 15) is 5.11 Å². The normalized spacial score (nSPS) is 12.5. The van der Waals surface area contributed by atoms with E-state index in [0.29, 0.717) is 0 Å². The van der Waals surface area contributed by atoms with Gasteiger partial charge in [-0.15, -0.1) is 0 Å². The van der Waals surface area contributed by atoms with E-state index in [-0.39, 0.29) is 0 Å². The first kappa shape index (κ1) is 14.5. The van der Waals surface area contributed by atoms with E-state index < -0.39 is 6.10 Å². The summed E-state index contributed by atoms with van der Waals surface area (Å²) in [5.74, 6) is 0. The second-order valence-electron chi connectivity index (χ2n) is 4.32. The van der Waals surface area contributed by atoms with E-state index in [1.807, 2.05) is 6.07 Å². The van der Waals surface area contributed by atoms with E-state index in [1.54, 1.807) is 6.92 Å². The first-order valence-electron chi connectivity index (χ1n) is 6.32. The molecule has 0 saturated heterocycles. The molecule has 0 spiro atoms. The fraction of sp³-hybridized carbons (Fsp3) is 0.571. The van der Waals surface area contributed by atoms with E-state index in [4.69, 9.17) is 0 Å². The van der Waals surface area contributed by atoms with Gasteiger partial charge in [-0.1, -0.05) is 35.3 Å². The van der Waals surface area contributed by atoms with Crippen molar-refractivity contribution in [1.82, 2.24) is 0 Å². The Morgan fingerprint density at radius 1 is 1.35 bits per heavy atom. The number of benzene rings is 1. The Balaban J connectivity index is 2.86. The molecular weight excluding hydrogens is 278 g/mol. The third kappa shape index (κ3) is 4.00. The second-order valence-corrected chi connectivity index (χ2v) is 5.17. The van der Waals surface area contributed by atoms with Crippen molar-refractivity contribution >= 4 is 21.6 Å². The number of unbranched alkanes of at least 4 members (excludes halogenated alkanes) is 1. The fourth-order valence-electron chi connectivity index (χ4n) is 1.87. The molecule has 1 aromatic rings. The van der Waals surface area contributed by atoms with Crippen LogP contribution in [0.1, 0.15) is 45.3 Å². The molecule has 1 rings (SSSR count). The van der Waals surface area contributed by atoms with Crippen LogP contribution in [-0.2, 0) is 0 Å². The summed E-state index contributed by atoms with van der Waals surface area (Å²) in [4.78, 5) is 2.36. The molecule has 96 valence electrons.